The zero-order valence-corrected chi connectivity index (χ0v) is 11.4. The molecule has 1 fully saturated rings. The number of carbonyl (C=O) groups is 2. The molecule has 1 saturated heterocycles. The fourth-order valence-electron chi connectivity index (χ4n) is 2.36. The Morgan fingerprint density at radius 1 is 1.55 bits per heavy atom. The summed E-state index contributed by atoms with van der Waals surface area (Å²) in [6.45, 7) is 1.40. The summed E-state index contributed by atoms with van der Waals surface area (Å²) >= 11 is 5.61. The third-order valence-electron chi connectivity index (χ3n) is 3.34. The van der Waals surface area contributed by atoms with Gasteiger partial charge in [-0.2, -0.15) is 0 Å². The van der Waals surface area contributed by atoms with Crippen molar-refractivity contribution < 1.29 is 24.0 Å². The normalized spacial score (nSPS) is 22.4. The molecule has 0 aliphatic carbocycles. The fourth-order valence-corrected chi connectivity index (χ4v) is 2.47. The lowest BCUT2D eigenvalue weighted by Gasteiger charge is -2.32. The number of amides is 1. The summed E-state index contributed by atoms with van der Waals surface area (Å²) in [5.41, 5.74) is 0.667. The van der Waals surface area contributed by atoms with Gasteiger partial charge in [-0.15, -0.1) is 0 Å². The summed E-state index contributed by atoms with van der Waals surface area (Å²) in [5.74, 6) is -2.11. The molecule has 0 bridgehead atoms. The van der Waals surface area contributed by atoms with Gasteiger partial charge in [0, 0.05) is 18.0 Å². The van der Waals surface area contributed by atoms with E-state index in [1.165, 1.54) is 12.1 Å². The Hall–Kier alpha value is -1.66. The molecule has 1 aliphatic rings. The van der Waals surface area contributed by atoms with Crippen molar-refractivity contribution in [2.45, 2.75) is 19.0 Å². The van der Waals surface area contributed by atoms with Crippen LogP contribution in [0.2, 0.25) is 5.02 Å². The number of benzene rings is 1. The number of nitrogens with one attached hydrogen (secondary N) is 2. The van der Waals surface area contributed by atoms with E-state index in [1.807, 2.05) is 0 Å². The molecule has 1 heterocycles. The summed E-state index contributed by atoms with van der Waals surface area (Å²) < 4.78 is 13.4. The number of piperazine rings is 1. The van der Waals surface area contributed by atoms with Crippen molar-refractivity contribution in [3.63, 3.8) is 0 Å². The number of halogens is 2. The van der Waals surface area contributed by atoms with Crippen LogP contribution < -0.4 is 15.3 Å². The first-order valence-corrected chi connectivity index (χ1v) is 6.61. The van der Waals surface area contributed by atoms with E-state index in [-0.39, 0.29) is 17.4 Å². The molecular weight excluding hydrogens is 287 g/mol. The molecule has 0 spiro atoms. The summed E-state index contributed by atoms with van der Waals surface area (Å²) in [4.78, 5) is 23.2. The predicted molar refractivity (Wildman–Crippen MR) is 67.4 cm³/mol. The van der Waals surface area contributed by atoms with Crippen LogP contribution in [0.25, 0.3) is 0 Å². The Morgan fingerprint density at radius 3 is 2.95 bits per heavy atom. The molecule has 2 rings (SSSR count). The van der Waals surface area contributed by atoms with Gasteiger partial charge in [0.15, 0.2) is 6.04 Å². The number of carbonyl (C=O) groups excluding carboxylic acids is 2. The molecule has 2 atom stereocenters. The summed E-state index contributed by atoms with van der Waals surface area (Å²) in [5, 5.41) is 13.4. The number of hydrogen-bond donors (Lipinski definition) is 2. The SMILES string of the molecule is O=C([O-])C[C@H]1C(=O)NCC[NH+]1Cc1ccc(Cl)c(F)c1. The zero-order chi connectivity index (χ0) is 14.7. The first kappa shape index (κ1) is 14.7. The Morgan fingerprint density at radius 2 is 2.30 bits per heavy atom. The molecule has 108 valence electrons. The standard InChI is InChI=1S/C13H14ClFN2O3/c14-9-2-1-8(5-10(9)15)7-17-4-3-16-13(20)11(17)6-12(18)19/h1-2,5,11H,3-4,6-7H2,(H,16,20)(H,18,19)/t11-/m0/s1. The minimum atomic E-state index is -1.27. The fraction of sp³-hybridized carbons (Fsp3) is 0.385. The van der Waals surface area contributed by atoms with Gasteiger partial charge >= 0.3 is 0 Å². The van der Waals surface area contributed by atoms with E-state index in [0.29, 0.717) is 25.2 Å². The van der Waals surface area contributed by atoms with Gasteiger partial charge in [-0.3, -0.25) is 4.79 Å². The van der Waals surface area contributed by atoms with Crippen LogP contribution in [0.4, 0.5) is 4.39 Å². The summed E-state index contributed by atoms with van der Waals surface area (Å²) in [7, 11) is 0. The van der Waals surface area contributed by atoms with Crippen molar-refractivity contribution in [2.24, 2.45) is 0 Å². The van der Waals surface area contributed by atoms with Crippen LogP contribution in [-0.4, -0.2) is 31.0 Å². The highest BCUT2D eigenvalue weighted by molar-refractivity contribution is 6.30. The Labute approximate surface area is 120 Å². The average Bonchev–Trinajstić information content (AvgIpc) is 2.38. The van der Waals surface area contributed by atoms with Crippen molar-refractivity contribution in [1.29, 1.82) is 0 Å². The van der Waals surface area contributed by atoms with Crippen molar-refractivity contribution in [3.8, 4) is 0 Å². The first-order chi connectivity index (χ1) is 9.47. The maximum atomic E-state index is 13.4. The largest absolute Gasteiger partial charge is 0.550 e. The molecule has 1 aliphatic heterocycles. The van der Waals surface area contributed by atoms with Crippen LogP contribution in [0.1, 0.15) is 12.0 Å². The number of rotatable bonds is 4. The molecule has 1 aromatic carbocycles. The van der Waals surface area contributed by atoms with Crippen molar-refractivity contribution in [2.75, 3.05) is 13.1 Å². The van der Waals surface area contributed by atoms with Crippen molar-refractivity contribution in [3.05, 3.63) is 34.6 Å². The lowest BCUT2D eigenvalue weighted by atomic mass is 10.1. The molecular formula is C13H14ClFN2O3. The van der Waals surface area contributed by atoms with E-state index in [9.17, 15) is 19.1 Å². The van der Waals surface area contributed by atoms with Gasteiger partial charge in [-0.05, 0) is 12.1 Å². The van der Waals surface area contributed by atoms with Crippen LogP contribution in [0, 0.1) is 5.82 Å². The lowest BCUT2D eigenvalue weighted by molar-refractivity contribution is -0.930. The molecule has 0 saturated carbocycles. The molecule has 5 nitrogen and oxygen atoms in total. The number of carboxylic acid groups (broad SMARTS) is 1. The van der Waals surface area contributed by atoms with Gasteiger partial charge in [-0.25, -0.2) is 4.39 Å². The van der Waals surface area contributed by atoms with E-state index in [1.54, 1.807) is 6.07 Å². The maximum absolute atomic E-state index is 13.4. The van der Waals surface area contributed by atoms with Crippen LogP contribution >= 0.6 is 11.6 Å². The topological polar surface area (TPSA) is 73.7 Å². The minimum absolute atomic E-state index is 0.0337. The summed E-state index contributed by atoms with van der Waals surface area (Å²) in [6.07, 6.45) is -0.350. The van der Waals surface area contributed by atoms with E-state index < -0.39 is 17.8 Å². The molecule has 7 heteroatoms. The highest BCUT2D eigenvalue weighted by atomic mass is 35.5. The van der Waals surface area contributed by atoms with Crippen molar-refractivity contribution in [1.82, 2.24) is 5.32 Å². The van der Waals surface area contributed by atoms with Gasteiger partial charge in [0.05, 0.1) is 18.1 Å². The van der Waals surface area contributed by atoms with Gasteiger partial charge in [0.1, 0.15) is 12.4 Å². The average molecular weight is 301 g/mol. The smallest absolute Gasteiger partial charge is 0.278 e. The van der Waals surface area contributed by atoms with E-state index in [2.05, 4.69) is 5.32 Å². The van der Waals surface area contributed by atoms with Crippen LogP contribution in [0.3, 0.4) is 0 Å². The Kier molecular flexibility index (Phi) is 4.57. The second-order valence-corrected chi connectivity index (χ2v) is 5.16. The maximum Gasteiger partial charge on any atom is 0.278 e. The lowest BCUT2D eigenvalue weighted by Crippen LogP contribution is -3.18. The zero-order valence-electron chi connectivity index (χ0n) is 10.6. The molecule has 2 N–H and O–H groups in total. The van der Waals surface area contributed by atoms with Gasteiger partial charge in [0.25, 0.3) is 5.91 Å². The van der Waals surface area contributed by atoms with Gasteiger partial charge < -0.3 is 20.1 Å². The molecule has 1 amide bonds. The highest BCUT2D eigenvalue weighted by Gasteiger charge is 2.33. The molecule has 1 aromatic rings. The second kappa shape index (κ2) is 6.19. The Bertz CT molecular complexity index is 538. The highest BCUT2D eigenvalue weighted by Crippen LogP contribution is 2.15. The molecule has 1 unspecified atom stereocenters. The second-order valence-electron chi connectivity index (χ2n) is 4.75. The number of hydrogen-bond acceptors (Lipinski definition) is 3. The first-order valence-electron chi connectivity index (χ1n) is 6.23. The van der Waals surface area contributed by atoms with E-state index in [0.717, 1.165) is 4.90 Å². The van der Waals surface area contributed by atoms with Crippen molar-refractivity contribution >= 4 is 23.5 Å². The summed E-state index contributed by atoms with van der Waals surface area (Å²) in [6, 6.07) is 3.70. The minimum Gasteiger partial charge on any atom is -0.550 e. The number of aliphatic carboxylic acids is 1. The van der Waals surface area contributed by atoms with E-state index in [4.69, 9.17) is 11.6 Å². The molecule has 20 heavy (non-hydrogen) atoms. The molecule has 0 radical (unpaired) electrons. The van der Waals surface area contributed by atoms with Gasteiger partial charge in [0.2, 0.25) is 0 Å². The number of carboxylic acids is 1. The quantitative estimate of drug-likeness (QED) is 0.711. The van der Waals surface area contributed by atoms with Gasteiger partial charge in [-0.1, -0.05) is 17.7 Å². The van der Waals surface area contributed by atoms with Crippen LogP contribution in [0.15, 0.2) is 18.2 Å². The monoisotopic (exact) mass is 300 g/mol. The molecule has 0 aromatic heterocycles. The third kappa shape index (κ3) is 3.46. The van der Waals surface area contributed by atoms with E-state index >= 15 is 0 Å². The Balaban J connectivity index is 2.13. The third-order valence-corrected chi connectivity index (χ3v) is 3.65. The van der Waals surface area contributed by atoms with Crippen LogP contribution in [-0.2, 0) is 16.1 Å². The van der Waals surface area contributed by atoms with Crippen LogP contribution in [0.5, 0.6) is 0 Å². The number of quaternary nitrogens is 1. The predicted octanol–water partition coefficient (Wildman–Crippen LogP) is -1.50.